The molecule has 2 rings (SSSR count). The molecule has 1 aromatic heterocycles. The first-order valence-corrected chi connectivity index (χ1v) is 4.94. The van der Waals surface area contributed by atoms with Gasteiger partial charge in [-0.2, -0.15) is 0 Å². The van der Waals surface area contributed by atoms with Gasteiger partial charge < -0.3 is 9.55 Å². The Morgan fingerprint density at radius 1 is 1.57 bits per heavy atom. The fraction of sp³-hybridized carbons (Fsp3) is 0.182. The number of aromatic nitrogens is 2. The molecule has 72 valence electrons. The number of hydrogen-bond acceptors (Lipinski definition) is 1. The molecule has 0 aliphatic rings. The van der Waals surface area contributed by atoms with Crippen LogP contribution in [0.15, 0.2) is 30.9 Å². The highest BCUT2D eigenvalue weighted by molar-refractivity contribution is 7.71. The van der Waals surface area contributed by atoms with Gasteiger partial charge in [0.1, 0.15) is 0 Å². The molecule has 1 aromatic carbocycles. The Balaban J connectivity index is 2.86. The van der Waals surface area contributed by atoms with E-state index in [2.05, 4.69) is 29.1 Å². The number of benzene rings is 1. The summed E-state index contributed by atoms with van der Waals surface area (Å²) in [5.41, 5.74) is 3.51. The number of fused-ring (bicyclic) bond motifs is 1. The summed E-state index contributed by atoms with van der Waals surface area (Å²) in [6, 6.07) is 6.16. The van der Waals surface area contributed by atoms with Crippen molar-refractivity contribution in [1.29, 1.82) is 0 Å². The second-order valence-electron chi connectivity index (χ2n) is 3.30. The normalized spacial score (nSPS) is 10.6. The summed E-state index contributed by atoms with van der Waals surface area (Å²) < 4.78 is 2.82. The number of aromatic amines is 1. The van der Waals surface area contributed by atoms with Gasteiger partial charge in [0.2, 0.25) is 0 Å². The maximum Gasteiger partial charge on any atom is 0.178 e. The molecule has 0 spiro atoms. The monoisotopic (exact) mass is 204 g/mol. The van der Waals surface area contributed by atoms with Crippen molar-refractivity contribution in [3.63, 3.8) is 0 Å². The van der Waals surface area contributed by atoms with Gasteiger partial charge in [-0.15, -0.1) is 6.58 Å². The van der Waals surface area contributed by atoms with E-state index in [1.165, 1.54) is 11.1 Å². The van der Waals surface area contributed by atoms with Crippen molar-refractivity contribution in [2.75, 3.05) is 0 Å². The third-order valence-electron chi connectivity index (χ3n) is 2.31. The second kappa shape index (κ2) is 3.42. The van der Waals surface area contributed by atoms with E-state index in [4.69, 9.17) is 12.2 Å². The third kappa shape index (κ3) is 1.30. The highest BCUT2D eigenvalue weighted by Crippen LogP contribution is 2.17. The standard InChI is InChI=1S/C11H12N2S/c1-3-7-13-10-8(2)5-4-6-9(10)12-11(13)14/h3-6H,1,7H2,2H3,(H,12,14). The molecule has 0 atom stereocenters. The molecule has 1 N–H and O–H groups in total. The van der Waals surface area contributed by atoms with Crippen LogP contribution in [0.5, 0.6) is 0 Å². The quantitative estimate of drug-likeness (QED) is 0.588. The van der Waals surface area contributed by atoms with E-state index in [0.29, 0.717) is 0 Å². The Morgan fingerprint density at radius 3 is 3.07 bits per heavy atom. The van der Waals surface area contributed by atoms with Crippen LogP contribution in [0.25, 0.3) is 11.0 Å². The molecule has 14 heavy (non-hydrogen) atoms. The first-order chi connectivity index (χ1) is 6.74. The number of para-hydroxylation sites is 1. The Hall–Kier alpha value is -1.35. The maximum absolute atomic E-state index is 5.24. The van der Waals surface area contributed by atoms with E-state index in [1.54, 1.807) is 0 Å². The minimum absolute atomic E-state index is 0.754. The largest absolute Gasteiger partial charge is 0.331 e. The second-order valence-corrected chi connectivity index (χ2v) is 3.69. The van der Waals surface area contributed by atoms with Crippen molar-refractivity contribution in [3.05, 3.63) is 41.2 Å². The van der Waals surface area contributed by atoms with E-state index >= 15 is 0 Å². The summed E-state index contributed by atoms with van der Waals surface area (Å²) in [7, 11) is 0. The SMILES string of the molecule is C=CCn1c(=S)[nH]c2cccc(C)c21. The number of nitrogens with one attached hydrogen (secondary N) is 1. The molecule has 0 aliphatic heterocycles. The molecule has 1 heterocycles. The molecular weight excluding hydrogens is 192 g/mol. The Kier molecular flexibility index (Phi) is 2.25. The van der Waals surface area contributed by atoms with Crippen LogP contribution in [0.3, 0.4) is 0 Å². The minimum Gasteiger partial charge on any atom is -0.331 e. The van der Waals surface area contributed by atoms with Gasteiger partial charge in [-0.05, 0) is 30.8 Å². The van der Waals surface area contributed by atoms with Crippen LogP contribution in [-0.2, 0) is 6.54 Å². The van der Waals surface area contributed by atoms with E-state index in [-0.39, 0.29) is 0 Å². The molecule has 0 saturated heterocycles. The zero-order chi connectivity index (χ0) is 10.1. The zero-order valence-electron chi connectivity index (χ0n) is 8.08. The summed E-state index contributed by atoms with van der Waals surface area (Å²) >= 11 is 5.24. The van der Waals surface area contributed by atoms with Crippen LogP contribution in [0.1, 0.15) is 5.56 Å². The Bertz CT molecular complexity index is 534. The number of aryl methyl sites for hydroxylation is 1. The fourth-order valence-corrected chi connectivity index (χ4v) is 1.98. The highest BCUT2D eigenvalue weighted by Gasteiger charge is 2.04. The molecule has 0 bridgehead atoms. The maximum atomic E-state index is 5.24. The van der Waals surface area contributed by atoms with Crippen LogP contribution in [0.2, 0.25) is 0 Å². The van der Waals surface area contributed by atoms with Gasteiger partial charge in [-0.25, -0.2) is 0 Å². The Labute approximate surface area is 87.9 Å². The number of nitrogens with zero attached hydrogens (tertiary/aromatic N) is 1. The number of imidazole rings is 1. The molecule has 0 amide bonds. The lowest BCUT2D eigenvalue weighted by molar-refractivity contribution is 0.833. The van der Waals surface area contributed by atoms with E-state index in [9.17, 15) is 0 Å². The molecule has 0 unspecified atom stereocenters. The van der Waals surface area contributed by atoms with Crippen molar-refractivity contribution in [2.45, 2.75) is 13.5 Å². The van der Waals surface area contributed by atoms with Crippen LogP contribution >= 0.6 is 12.2 Å². The fourth-order valence-electron chi connectivity index (χ4n) is 1.71. The molecule has 3 heteroatoms. The van der Waals surface area contributed by atoms with Crippen LogP contribution in [-0.4, -0.2) is 9.55 Å². The van der Waals surface area contributed by atoms with E-state index in [0.717, 1.165) is 16.8 Å². The average molecular weight is 204 g/mol. The van der Waals surface area contributed by atoms with Gasteiger partial charge in [0, 0.05) is 6.54 Å². The third-order valence-corrected chi connectivity index (χ3v) is 2.63. The lowest BCUT2D eigenvalue weighted by atomic mass is 10.2. The topological polar surface area (TPSA) is 20.7 Å². The number of allylic oxidation sites excluding steroid dienone is 1. The number of rotatable bonds is 2. The summed E-state index contributed by atoms with van der Waals surface area (Å²) in [4.78, 5) is 3.18. The average Bonchev–Trinajstić information content (AvgIpc) is 2.45. The molecule has 0 aliphatic carbocycles. The molecular formula is C11H12N2S. The zero-order valence-corrected chi connectivity index (χ0v) is 8.90. The predicted octanol–water partition coefficient (Wildman–Crippen LogP) is 3.19. The van der Waals surface area contributed by atoms with Gasteiger partial charge in [-0.3, -0.25) is 0 Å². The highest BCUT2D eigenvalue weighted by atomic mass is 32.1. The summed E-state index contributed by atoms with van der Waals surface area (Å²) in [6.07, 6.45) is 1.86. The summed E-state index contributed by atoms with van der Waals surface area (Å²) in [6.45, 7) is 6.57. The van der Waals surface area contributed by atoms with Gasteiger partial charge in [0.25, 0.3) is 0 Å². The van der Waals surface area contributed by atoms with Crippen molar-refractivity contribution < 1.29 is 0 Å². The summed E-state index contributed by atoms with van der Waals surface area (Å²) in [5, 5.41) is 0. The molecule has 0 saturated carbocycles. The molecule has 2 aromatic rings. The van der Waals surface area contributed by atoms with Crippen molar-refractivity contribution >= 4 is 23.3 Å². The lowest BCUT2D eigenvalue weighted by Crippen LogP contribution is -1.95. The first-order valence-electron chi connectivity index (χ1n) is 4.53. The number of H-pyrrole nitrogens is 1. The lowest BCUT2D eigenvalue weighted by Gasteiger charge is -2.02. The van der Waals surface area contributed by atoms with Gasteiger partial charge in [0.15, 0.2) is 4.77 Å². The van der Waals surface area contributed by atoms with Gasteiger partial charge in [-0.1, -0.05) is 18.2 Å². The van der Waals surface area contributed by atoms with E-state index < -0.39 is 0 Å². The first kappa shape index (κ1) is 9.21. The van der Waals surface area contributed by atoms with Crippen LogP contribution < -0.4 is 0 Å². The van der Waals surface area contributed by atoms with Crippen molar-refractivity contribution in [3.8, 4) is 0 Å². The predicted molar refractivity (Wildman–Crippen MR) is 62.1 cm³/mol. The van der Waals surface area contributed by atoms with Crippen LogP contribution in [0, 0.1) is 11.7 Å². The van der Waals surface area contributed by atoms with Gasteiger partial charge >= 0.3 is 0 Å². The Morgan fingerprint density at radius 2 is 2.36 bits per heavy atom. The molecule has 0 fully saturated rings. The molecule has 2 nitrogen and oxygen atoms in total. The minimum atomic E-state index is 0.754. The number of hydrogen-bond donors (Lipinski definition) is 1. The molecule has 0 radical (unpaired) electrons. The van der Waals surface area contributed by atoms with Crippen LogP contribution in [0.4, 0.5) is 0 Å². The summed E-state index contributed by atoms with van der Waals surface area (Å²) in [5.74, 6) is 0. The van der Waals surface area contributed by atoms with E-state index in [1.807, 2.05) is 18.2 Å². The van der Waals surface area contributed by atoms with Crippen molar-refractivity contribution in [2.24, 2.45) is 0 Å². The van der Waals surface area contributed by atoms with Gasteiger partial charge in [0.05, 0.1) is 11.0 Å². The van der Waals surface area contributed by atoms with Crippen molar-refractivity contribution in [1.82, 2.24) is 9.55 Å². The smallest absolute Gasteiger partial charge is 0.178 e.